The zero-order valence-electron chi connectivity index (χ0n) is 26.4. The summed E-state index contributed by atoms with van der Waals surface area (Å²) >= 11 is 0. The molecule has 3 radical (unpaired) electrons. The summed E-state index contributed by atoms with van der Waals surface area (Å²) in [5.41, 5.74) is 20.2. The van der Waals surface area contributed by atoms with Crippen molar-refractivity contribution in [1.82, 2.24) is 19.9 Å². The van der Waals surface area contributed by atoms with Crippen LogP contribution in [-0.2, 0) is 25.7 Å². The van der Waals surface area contributed by atoms with Crippen LogP contribution in [0.4, 0.5) is 0 Å². The van der Waals surface area contributed by atoms with Crippen LogP contribution in [0.25, 0.3) is 44.4 Å². The molecule has 0 fully saturated rings. The first kappa shape index (κ1) is 31.2. The van der Waals surface area contributed by atoms with E-state index in [4.69, 9.17) is 9.97 Å². The Kier molecular flexibility index (Phi) is 9.92. The van der Waals surface area contributed by atoms with E-state index in [1.807, 2.05) is 0 Å². The van der Waals surface area contributed by atoms with Gasteiger partial charge in [0.05, 0.1) is 22.8 Å². The van der Waals surface area contributed by atoms with Crippen molar-refractivity contribution >= 4 is 64.1 Å². The Morgan fingerprint density at radius 3 is 0.927 bits per heavy atom. The molecule has 213 valence electrons. The van der Waals surface area contributed by atoms with Gasteiger partial charge >= 0.3 is 0 Å². The number of aromatic nitrogens is 4. The van der Waals surface area contributed by atoms with Gasteiger partial charge < -0.3 is 9.97 Å². The maximum atomic E-state index is 5.28. The molecule has 41 heavy (non-hydrogen) atoms. The summed E-state index contributed by atoms with van der Waals surface area (Å²) in [5, 5.41) is 0. The molecule has 3 aromatic rings. The number of H-pyrrole nitrogens is 2. The van der Waals surface area contributed by atoms with Gasteiger partial charge in [0.25, 0.3) is 0 Å². The molecule has 2 N–H and O–H groups in total. The second-order valence-electron chi connectivity index (χ2n) is 10.9. The quantitative estimate of drug-likeness (QED) is 0.252. The third-order valence-electron chi connectivity index (χ3n) is 8.97. The maximum absolute atomic E-state index is 5.28. The predicted molar refractivity (Wildman–Crippen MR) is 179 cm³/mol. The van der Waals surface area contributed by atoms with Crippen molar-refractivity contribution in [2.75, 3.05) is 0 Å². The largest absolute Gasteiger partial charge is 0.355 e. The molecular weight excluding hydrogens is 558 g/mol. The van der Waals surface area contributed by atoms with Gasteiger partial charge in [0.1, 0.15) is 0 Å². The normalized spacial score (nSPS) is 13.3. The minimum Gasteiger partial charge on any atom is -0.355 e. The van der Waals surface area contributed by atoms with E-state index in [-0.39, 0.29) is 19.8 Å². The van der Waals surface area contributed by atoms with Crippen molar-refractivity contribution < 1.29 is 0 Å². The van der Waals surface area contributed by atoms with Crippen molar-refractivity contribution in [2.24, 2.45) is 0 Å². The summed E-state index contributed by atoms with van der Waals surface area (Å²) in [4.78, 5) is 18.2. The van der Waals surface area contributed by atoms with E-state index >= 15 is 0 Å². The Morgan fingerprint density at radius 2 is 0.659 bits per heavy atom. The molecule has 0 aromatic carbocycles. The summed E-state index contributed by atoms with van der Waals surface area (Å²) in [6.45, 7) is 18.1. The summed E-state index contributed by atoms with van der Waals surface area (Å²) < 4.78 is 0. The van der Waals surface area contributed by atoms with E-state index in [0.717, 1.165) is 74.1 Å². The van der Waals surface area contributed by atoms with Crippen LogP contribution in [0.5, 0.6) is 0 Å². The summed E-state index contributed by atoms with van der Waals surface area (Å²) in [6.07, 6.45) is 7.84. The second kappa shape index (κ2) is 13.0. The Morgan fingerprint density at radius 1 is 0.390 bits per heavy atom. The van der Waals surface area contributed by atoms with Crippen LogP contribution >= 0.6 is 0 Å². The predicted octanol–water partition coefficient (Wildman–Crippen LogP) is 9.65. The number of fused-ring (bicyclic) bond motifs is 8. The molecule has 5 heterocycles. The van der Waals surface area contributed by atoms with E-state index in [0.29, 0.717) is 0 Å². The Bertz CT molecular complexity index is 1560. The number of nitrogens with zero attached hydrogens (tertiary/aromatic N) is 2. The second-order valence-corrected chi connectivity index (χ2v) is 10.9. The van der Waals surface area contributed by atoms with Gasteiger partial charge in [-0.1, -0.05) is 55.4 Å². The molecule has 0 spiro atoms. The Labute approximate surface area is 259 Å². The van der Waals surface area contributed by atoms with Crippen molar-refractivity contribution in [3.05, 3.63) is 69.3 Å². The maximum Gasteiger partial charge on any atom is 0.0694 e. The SMILES string of the molecule is CCC1=C(CC)c2cc3[nH]c(cc4[nH]c(cc5nc(cc1n2)C(CC)=C5CC)c(CC)c4CC)c(CC)c3CC.[Ga]. The van der Waals surface area contributed by atoms with Crippen molar-refractivity contribution in [2.45, 2.75) is 107 Å². The fourth-order valence-corrected chi connectivity index (χ4v) is 7.10. The van der Waals surface area contributed by atoms with Gasteiger partial charge in [-0.2, -0.15) is 0 Å². The van der Waals surface area contributed by atoms with Gasteiger partial charge in [0.2, 0.25) is 0 Å². The molecule has 0 saturated heterocycles. The molecule has 8 bridgehead atoms. The zero-order valence-corrected chi connectivity index (χ0v) is 28.9. The van der Waals surface area contributed by atoms with Gasteiger partial charge in [-0.25, -0.2) is 9.97 Å². The molecule has 0 atom stereocenters. The Balaban J connectivity index is 0.00000387. The summed E-state index contributed by atoms with van der Waals surface area (Å²) in [5.74, 6) is 0. The van der Waals surface area contributed by atoms with Crippen LogP contribution in [0.2, 0.25) is 0 Å². The summed E-state index contributed by atoms with van der Waals surface area (Å²) in [7, 11) is 0. The van der Waals surface area contributed by atoms with E-state index in [2.05, 4.69) is 89.6 Å². The number of rotatable bonds is 8. The van der Waals surface area contributed by atoms with Crippen molar-refractivity contribution in [3.63, 3.8) is 0 Å². The fourth-order valence-electron chi connectivity index (χ4n) is 7.10. The molecule has 0 unspecified atom stereocenters. The molecule has 5 heteroatoms. The number of aromatic amines is 2. The van der Waals surface area contributed by atoms with Gasteiger partial charge in [-0.3, -0.25) is 0 Å². The summed E-state index contributed by atoms with van der Waals surface area (Å²) in [6, 6.07) is 9.24. The number of hydrogen-bond donors (Lipinski definition) is 2. The van der Waals surface area contributed by atoms with E-state index < -0.39 is 0 Å². The molecule has 4 nitrogen and oxygen atoms in total. The van der Waals surface area contributed by atoms with E-state index in [1.54, 1.807) is 0 Å². The van der Waals surface area contributed by atoms with Gasteiger partial charge in [-0.15, -0.1) is 0 Å². The number of aryl methyl sites for hydroxylation is 4. The zero-order chi connectivity index (χ0) is 28.6. The van der Waals surface area contributed by atoms with Crippen LogP contribution in [0.3, 0.4) is 0 Å². The van der Waals surface area contributed by atoms with Crippen LogP contribution < -0.4 is 0 Å². The van der Waals surface area contributed by atoms with Crippen LogP contribution in [0, 0.1) is 0 Å². The van der Waals surface area contributed by atoms with Gasteiger partial charge in [0, 0.05) is 41.9 Å². The monoisotopic (exact) mass is 603 g/mol. The van der Waals surface area contributed by atoms with Gasteiger partial charge in [0.15, 0.2) is 0 Å². The van der Waals surface area contributed by atoms with Crippen LogP contribution in [0.15, 0.2) is 24.3 Å². The van der Waals surface area contributed by atoms with Crippen molar-refractivity contribution in [1.29, 1.82) is 0 Å². The average Bonchev–Trinajstić information content (AvgIpc) is 3.67. The first-order valence-electron chi connectivity index (χ1n) is 15.7. The molecule has 0 amide bonds. The third kappa shape index (κ3) is 5.32. The Hall–Kier alpha value is -2.76. The molecular formula is C36H46GaN4. The fraction of sp³-hybridized carbons (Fsp3) is 0.444. The van der Waals surface area contributed by atoms with Crippen molar-refractivity contribution in [3.8, 4) is 0 Å². The topological polar surface area (TPSA) is 57.4 Å². The number of hydrogen-bond acceptors (Lipinski definition) is 2. The van der Waals surface area contributed by atoms with E-state index in [1.165, 1.54) is 66.6 Å². The number of allylic oxidation sites excluding steroid dienone is 4. The third-order valence-corrected chi connectivity index (χ3v) is 8.97. The first-order valence-corrected chi connectivity index (χ1v) is 15.7. The minimum atomic E-state index is 0. The van der Waals surface area contributed by atoms with Crippen LogP contribution in [0.1, 0.15) is 126 Å². The molecule has 2 aliphatic heterocycles. The smallest absolute Gasteiger partial charge is 0.0694 e. The standard InChI is InChI=1S/C36H46N4.Ga/c1-9-21-22(10-2)30-18-32-25(13-5)26(14-6)34(39-32)20-36-28(16-8)27(15-7)35(40-36)19-33-24(12-4)23(11-3)31(38-33)17-29(21)37-30;/h17-20,37-38H,9-16H2,1-8H3;. The molecule has 3 aromatic heterocycles. The van der Waals surface area contributed by atoms with E-state index in [9.17, 15) is 0 Å². The number of nitrogens with one attached hydrogen (secondary N) is 2. The molecule has 0 saturated carbocycles. The van der Waals surface area contributed by atoms with Gasteiger partial charge in [-0.05, 0) is 120 Å². The molecule has 0 aliphatic carbocycles. The minimum absolute atomic E-state index is 0. The average molecular weight is 605 g/mol. The first-order chi connectivity index (χ1) is 19.5. The molecule has 5 rings (SSSR count). The van der Waals surface area contributed by atoms with Crippen LogP contribution in [-0.4, -0.2) is 39.7 Å². The molecule has 2 aliphatic rings.